The molecule has 1 aliphatic rings. The standard InChI is InChI=1S/C17H16FNO4/c1-11-7-8-12(10-14(11)18)19-9-5-4-6-13(16(20)22-2)15(19)17(21)23-3/h4-10H,1-3H3. The van der Waals surface area contributed by atoms with Gasteiger partial charge in [0.05, 0.1) is 19.8 Å². The molecule has 120 valence electrons. The predicted octanol–water partition coefficient (Wildman–Crippen LogP) is 2.62. The Labute approximate surface area is 133 Å². The molecule has 1 aromatic rings. The minimum Gasteiger partial charge on any atom is -0.465 e. The number of halogens is 1. The van der Waals surface area contributed by atoms with Crippen LogP contribution in [0.15, 0.2) is 53.9 Å². The van der Waals surface area contributed by atoms with E-state index in [1.54, 1.807) is 37.4 Å². The van der Waals surface area contributed by atoms with Crippen LogP contribution in [0.2, 0.25) is 0 Å². The van der Waals surface area contributed by atoms with Crippen LogP contribution in [0.1, 0.15) is 5.56 Å². The second-order valence-electron chi connectivity index (χ2n) is 4.75. The summed E-state index contributed by atoms with van der Waals surface area (Å²) in [4.78, 5) is 25.6. The van der Waals surface area contributed by atoms with Gasteiger partial charge in [0.15, 0.2) is 0 Å². The van der Waals surface area contributed by atoms with Gasteiger partial charge in [0, 0.05) is 11.9 Å². The number of methoxy groups -OCH3 is 2. The third-order valence-electron chi connectivity index (χ3n) is 3.32. The lowest BCUT2D eigenvalue weighted by atomic mass is 10.1. The van der Waals surface area contributed by atoms with Gasteiger partial charge >= 0.3 is 11.9 Å². The summed E-state index contributed by atoms with van der Waals surface area (Å²) in [5.41, 5.74) is 0.829. The van der Waals surface area contributed by atoms with Crippen molar-refractivity contribution in [1.82, 2.24) is 0 Å². The molecule has 1 aromatic carbocycles. The number of nitrogens with zero attached hydrogens (tertiary/aromatic N) is 1. The number of anilines is 1. The minimum absolute atomic E-state index is 0.0188. The van der Waals surface area contributed by atoms with Crippen LogP contribution < -0.4 is 4.90 Å². The maximum absolute atomic E-state index is 13.9. The van der Waals surface area contributed by atoms with Crippen molar-refractivity contribution in [3.8, 4) is 0 Å². The number of esters is 2. The molecule has 0 spiro atoms. The van der Waals surface area contributed by atoms with Gasteiger partial charge in [-0.1, -0.05) is 12.1 Å². The molecule has 23 heavy (non-hydrogen) atoms. The molecule has 6 heteroatoms. The van der Waals surface area contributed by atoms with Gasteiger partial charge in [-0.3, -0.25) is 0 Å². The van der Waals surface area contributed by atoms with Gasteiger partial charge in [0.1, 0.15) is 11.5 Å². The molecule has 0 fully saturated rings. The lowest BCUT2D eigenvalue weighted by Crippen LogP contribution is -2.27. The van der Waals surface area contributed by atoms with Crippen LogP contribution in [-0.4, -0.2) is 26.2 Å². The summed E-state index contributed by atoms with van der Waals surface area (Å²) in [7, 11) is 2.42. The van der Waals surface area contributed by atoms with Gasteiger partial charge in [-0.2, -0.15) is 0 Å². The Morgan fingerprint density at radius 3 is 2.39 bits per heavy atom. The summed E-state index contributed by atoms with van der Waals surface area (Å²) in [5, 5.41) is 0. The fourth-order valence-electron chi connectivity index (χ4n) is 2.10. The van der Waals surface area contributed by atoms with E-state index in [1.807, 2.05) is 0 Å². The van der Waals surface area contributed by atoms with Crippen LogP contribution >= 0.6 is 0 Å². The second kappa shape index (κ2) is 6.91. The van der Waals surface area contributed by atoms with Gasteiger partial charge in [-0.15, -0.1) is 0 Å². The highest BCUT2D eigenvalue weighted by molar-refractivity contribution is 6.05. The number of carbonyl (C=O) groups is 2. The van der Waals surface area contributed by atoms with Crippen LogP contribution in [0.5, 0.6) is 0 Å². The summed E-state index contributed by atoms with van der Waals surface area (Å²) in [6.07, 6.45) is 6.19. The van der Waals surface area contributed by atoms with Crippen molar-refractivity contribution in [2.45, 2.75) is 6.92 Å². The number of hydrogen-bond acceptors (Lipinski definition) is 5. The Hall–Kier alpha value is -2.89. The summed E-state index contributed by atoms with van der Waals surface area (Å²) in [6, 6.07) is 4.51. The molecule has 2 rings (SSSR count). The Balaban J connectivity index is 2.65. The number of aryl methyl sites for hydroxylation is 1. The van der Waals surface area contributed by atoms with E-state index in [-0.39, 0.29) is 11.3 Å². The average Bonchev–Trinajstić information content (AvgIpc) is 2.78. The molecule has 1 aliphatic heterocycles. The summed E-state index contributed by atoms with van der Waals surface area (Å²) in [5.74, 6) is -1.84. The first-order valence-electron chi connectivity index (χ1n) is 6.80. The molecule has 5 nitrogen and oxygen atoms in total. The Morgan fingerprint density at radius 1 is 1.09 bits per heavy atom. The number of carbonyl (C=O) groups excluding carboxylic acids is 2. The number of hydrogen-bond donors (Lipinski definition) is 0. The molecule has 0 N–H and O–H groups in total. The first-order chi connectivity index (χ1) is 11.0. The molecule has 0 radical (unpaired) electrons. The number of ether oxygens (including phenoxy) is 2. The first kappa shape index (κ1) is 16.5. The zero-order chi connectivity index (χ0) is 17.0. The summed E-state index contributed by atoms with van der Waals surface area (Å²) < 4.78 is 23.4. The Kier molecular flexibility index (Phi) is 4.95. The largest absolute Gasteiger partial charge is 0.465 e. The third-order valence-corrected chi connectivity index (χ3v) is 3.32. The van der Waals surface area contributed by atoms with Gasteiger partial charge in [-0.05, 0) is 36.8 Å². The van der Waals surface area contributed by atoms with E-state index in [0.717, 1.165) is 0 Å². The van der Waals surface area contributed by atoms with E-state index in [9.17, 15) is 14.0 Å². The maximum Gasteiger partial charge on any atom is 0.355 e. The molecule has 0 aliphatic carbocycles. The number of benzene rings is 1. The van der Waals surface area contributed by atoms with Crippen LogP contribution in [0.4, 0.5) is 10.1 Å². The van der Waals surface area contributed by atoms with Gasteiger partial charge in [0.25, 0.3) is 0 Å². The average molecular weight is 317 g/mol. The second-order valence-corrected chi connectivity index (χ2v) is 4.75. The van der Waals surface area contributed by atoms with Gasteiger partial charge < -0.3 is 14.4 Å². The van der Waals surface area contributed by atoms with Crippen molar-refractivity contribution in [3.05, 3.63) is 65.3 Å². The highest BCUT2D eigenvalue weighted by atomic mass is 19.1. The van der Waals surface area contributed by atoms with Crippen molar-refractivity contribution in [3.63, 3.8) is 0 Å². The molecule has 0 saturated carbocycles. The SMILES string of the molecule is COC(=O)C1=C(C(=O)OC)N(c2ccc(C)c(F)c2)C=CC=C1. The zero-order valence-corrected chi connectivity index (χ0v) is 13.0. The highest BCUT2D eigenvalue weighted by Crippen LogP contribution is 2.27. The smallest absolute Gasteiger partial charge is 0.355 e. The van der Waals surface area contributed by atoms with Gasteiger partial charge in [-0.25, -0.2) is 14.0 Å². The molecular weight excluding hydrogens is 301 g/mol. The van der Waals surface area contributed by atoms with E-state index < -0.39 is 17.8 Å². The maximum atomic E-state index is 13.9. The van der Waals surface area contributed by atoms with E-state index in [4.69, 9.17) is 9.47 Å². The minimum atomic E-state index is -0.734. The van der Waals surface area contributed by atoms with Crippen molar-refractivity contribution in [2.24, 2.45) is 0 Å². The Morgan fingerprint density at radius 2 is 1.78 bits per heavy atom. The van der Waals surface area contributed by atoms with Crippen LogP contribution in [0.25, 0.3) is 0 Å². The molecule has 0 atom stereocenters. The van der Waals surface area contributed by atoms with E-state index >= 15 is 0 Å². The molecular formula is C17H16FNO4. The topological polar surface area (TPSA) is 55.8 Å². The molecule has 1 heterocycles. The van der Waals surface area contributed by atoms with Crippen molar-refractivity contribution < 1.29 is 23.5 Å². The summed E-state index contributed by atoms with van der Waals surface area (Å²) in [6.45, 7) is 1.63. The fraction of sp³-hybridized carbons (Fsp3) is 0.176. The zero-order valence-electron chi connectivity index (χ0n) is 13.0. The first-order valence-corrected chi connectivity index (χ1v) is 6.80. The number of allylic oxidation sites excluding steroid dienone is 2. The summed E-state index contributed by atoms with van der Waals surface area (Å²) >= 11 is 0. The van der Waals surface area contributed by atoms with Crippen molar-refractivity contribution >= 4 is 17.6 Å². The molecule has 0 aromatic heterocycles. The van der Waals surface area contributed by atoms with Crippen molar-refractivity contribution in [2.75, 3.05) is 19.1 Å². The fourth-order valence-corrected chi connectivity index (χ4v) is 2.10. The van der Waals surface area contributed by atoms with Crippen LogP contribution in [0, 0.1) is 12.7 Å². The van der Waals surface area contributed by atoms with Crippen LogP contribution in [-0.2, 0) is 19.1 Å². The number of rotatable bonds is 3. The van der Waals surface area contributed by atoms with Crippen LogP contribution in [0.3, 0.4) is 0 Å². The third kappa shape index (κ3) is 3.31. The van der Waals surface area contributed by atoms with Gasteiger partial charge in [0.2, 0.25) is 0 Å². The van der Waals surface area contributed by atoms with Crippen molar-refractivity contribution in [1.29, 1.82) is 0 Å². The lowest BCUT2D eigenvalue weighted by molar-refractivity contribution is -0.139. The quantitative estimate of drug-likeness (QED) is 0.802. The highest BCUT2D eigenvalue weighted by Gasteiger charge is 2.27. The van der Waals surface area contributed by atoms with E-state index in [2.05, 4.69) is 0 Å². The monoisotopic (exact) mass is 317 g/mol. The molecule has 0 amide bonds. The lowest BCUT2D eigenvalue weighted by Gasteiger charge is -2.23. The normalized spacial score (nSPS) is 13.8. The molecule has 0 saturated heterocycles. The Bertz CT molecular complexity index is 734. The van der Waals surface area contributed by atoms with E-state index in [0.29, 0.717) is 11.3 Å². The van der Waals surface area contributed by atoms with E-state index in [1.165, 1.54) is 31.3 Å². The predicted molar refractivity (Wildman–Crippen MR) is 83.0 cm³/mol. The molecule has 0 bridgehead atoms. The molecule has 0 unspecified atom stereocenters.